The van der Waals surface area contributed by atoms with Crippen LogP contribution >= 0.6 is 0 Å². The largest absolute Gasteiger partial charge is 0.308 e. The van der Waals surface area contributed by atoms with Crippen molar-refractivity contribution in [2.75, 3.05) is 24.3 Å². The zero-order valence-corrected chi connectivity index (χ0v) is 12.5. The number of nitrogens with zero attached hydrogens (tertiary/aromatic N) is 1. The standard InChI is InChI=1S/C9H17N5O4S2/c1-2-12-19(15,16)6-5-13-20(17,18)8-3-4-9(14-10)11-7-8/h3-4,7,12-13H,2,5-6,10H2,1H3,(H,11,14). The van der Waals surface area contributed by atoms with Gasteiger partial charge in [0, 0.05) is 19.3 Å². The topological polar surface area (TPSA) is 143 Å². The fourth-order valence-electron chi connectivity index (χ4n) is 1.31. The molecule has 0 aliphatic rings. The molecule has 1 aromatic rings. The first-order valence-electron chi connectivity index (χ1n) is 5.70. The van der Waals surface area contributed by atoms with Crippen LogP contribution < -0.4 is 20.7 Å². The molecular weight excluding hydrogens is 306 g/mol. The molecule has 1 rings (SSSR count). The van der Waals surface area contributed by atoms with Crippen molar-refractivity contribution in [1.29, 1.82) is 0 Å². The summed E-state index contributed by atoms with van der Waals surface area (Å²) in [5.74, 6) is 5.10. The molecule has 0 saturated heterocycles. The van der Waals surface area contributed by atoms with Gasteiger partial charge in [-0.15, -0.1) is 0 Å². The van der Waals surface area contributed by atoms with E-state index < -0.39 is 20.0 Å². The molecule has 5 N–H and O–H groups in total. The monoisotopic (exact) mass is 323 g/mol. The molecular formula is C9H17N5O4S2. The molecule has 0 radical (unpaired) electrons. The Labute approximate surface area is 118 Å². The van der Waals surface area contributed by atoms with Crippen LogP contribution in [0.2, 0.25) is 0 Å². The van der Waals surface area contributed by atoms with Gasteiger partial charge < -0.3 is 5.43 Å². The fraction of sp³-hybridized carbons (Fsp3) is 0.444. The highest BCUT2D eigenvalue weighted by Gasteiger charge is 2.16. The highest BCUT2D eigenvalue weighted by molar-refractivity contribution is 7.90. The maximum absolute atomic E-state index is 11.9. The van der Waals surface area contributed by atoms with E-state index in [-0.39, 0.29) is 23.7 Å². The molecule has 0 aliphatic heterocycles. The third-order valence-electron chi connectivity index (χ3n) is 2.22. The second-order valence-electron chi connectivity index (χ2n) is 3.74. The van der Waals surface area contributed by atoms with Gasteiger partial charge in [-0.05, 0) is 12.1 Å². The van der Waals surface area contributed by atoms with Crippen molar-refractivity contribution in [1.82, 2.24) is 14.4 Å². The molecule has 1 aromatic heterocycles. The molecule has 20 heavy (non-hydrogen) atoms. The second-order valence-corrected chi connectivity index (χ2v) is 7.43. The Bertz CT molecular complexity index is 627. The van der Waals surface area contributed by atoms with Crippen LogP contribution in [-0.4, -0.2) is 40.7 Å². The third kappa shape index (κ3) is 5.02. The maximum Gasteiger partial charge on any atom is 0.242 e. The summed E-state index contributed by atoms with van der Waals surface area (Å²) in [6.07, 6.45) is 1.12. The minimum Gasteiger partial charge on any atom is -0.308 e. The number of anilines is 1. The van der Waals surface area contributed by atoms with Gasteiger partial charge in [0.25, 0.3) is 0 Å². The van der Waals surface area contributed by atoms with Crippen LogP contribution in [0.1, 0.15) is 6.92 Å². The van der Waals surface area contributed by atoms with Crippen LogP contribution in [-0.2, 0) is 20.0 Å². The van der Waals surface area contributed by atoms with Gasteiger partial charge in [-0.2, -0.15) is 0 Å². The van der Waals surface area contributed by atoms with Crippen molar-refractivity contribution < 1.29 is 16.8 Å². The van der Waals surface area contributed by atoms with Gasteiger partial charge in [-0.3, -0.25) is 0 Å². The van der Waals surface area contributed by atoms with E-state index in [1.807, 2.05) is 0 Å². The van der Waals surface area contributed by atoms with Crippen molar-refractivity contribution in [3.05, 3.63) is 18.3 Å². The van der Waals surface area contributed by atoms with Crippen LogP contribution in [0.15, 0.2) is 23.2 Å². The molecule has 0 amide bonds. The Kier molecular flexibility index (Phi) is 5.83. The number of aromatic nitrogens is 1. The Morgan fingerprint density at radius 3 is 2.40 bits per heavy atom. The summed E-state index contributed by atoms with van der Waals surface area (Å²) in [7, 11) is -7.26. The number of hydrazine groups is 1. The maximum atomic E-state index is 11.9. The van der Waals surface area contributed by atoms with E-state index in [0.29, 0.717) is 5.82 Å². The molecule has 9 nitrogen and oxygen atoms in total. The molecule has 11 heteroatoms. The molecule has 0 atom stereocenters. The van der Waals surface area contributed by atoms with E-state index in [1.54, 1.807) is 6.92 Å². The molecule has 0 bridgehead atoms. The van der Waals surface area contributed by atoms with Crippen molar-refractivity contribution in [2.45, 2.75) is 11.8 Å². The van der Waals surface area contributed by atoms with Gasteiger partial charge in [0.2, 0.25) is 20.0 Å². The highest BCUT2D eigenvalue weighted by Crippen LogP contribution is 2.09. The van der Waals surface area contributed by atoms with Gasteiger partial charge in [-0.25, -0.2) is 37.1 Å². The van der Waals surface area contributed by atoms with Crippen LogP contribution in [0, 0.1) is 0 Å². The smallest absolute Gasteiger partial charge is 0.242 e. The fourth-order valence-corrected chi connectivity index (χ4v) is 3.37. The lowest BCUT2D eigenvalue weighted by Crippen LogP contribution is -2.34. The number of sulfonamides is 2. The summed E-state index contributed by atoms with van der Waals surface area (Å²) in [5, 5.41) is 0. The number of hydrogen-bond donors (Lipinski definition) is 4. The summed E-state index contributed by atoms with van der Waals surface area (Å²) >= 11 is 0. The predicted octanol–water partition coefficient (Wildman–Crippen LogP) is -1.42. The van der Waals surface area contributed by atoms with Gasteiger partial charge in [0.05, 0.1) is 5.75 Å². The summed E-state index contributed by atoms with van der Waals surface area (Å²) in [5.41, 5.74) is 2.27. The normalized spacial score (nSPS) is 12.3. The Balaban J connectivity index is 2.66. The molecule has 0 aliphatic carbocycles. The average molecular weight is 323 g/mol. The number of nitrogens with two attached hydrogens (primary N) is 1. The van der Waals surface area contributed by atoms with E-state index in [4.69, 9.17) is 5.84 Å². The highest BCUT2D eigenvalue weighted by atomic mass is 32.2. The lowest BCUT2D eigenvalue weighted by molar-refractivity contribution is 0.576. The number of rotatable bonds is 8. The Morgan fingerprint density at radius 1 is 1.20 bits per heavy atom. The second kappa shape index (κ2) is 6.95. The first-order chi connectivity index (χ1) is 9.30. The van der Waals surface area contributed by atoms with Gasteiger partial charge in [-0.1, -0.05) is 6.92 Å². The van der Waals surface area contributed by atoms with E-state index in [1.165, 1.54) is 12.1 Å². The summed E-state index contributed by atoms with van der Waals surface area (Å²) in [6.45, 7) is 1.67. The lowest BCUT2D eigenvalue weighted by atomic mass is 10.5. The zero-order chi connectivity index (χ0) is 15.2. The molecule has 114 valence electrons. The minimum atomic E-state index is -3.80. The van der Waals surface area contributed by atoms with Crippen LogP contribution in [0.4, 0.5) is 5.82 Å². The average Bonchev–Trinajstić information content (AvgIpc) is 2.38. The molecule has 0 unspecified atom stereocenters. The van der Waals surface area contributed by atoms with E-state index in [9.17, 15) is 16.8 Å². The molecule has 1 heterocycles. The van der Waals surface area contributed by atoms with Gasteiger partial charge in [0.1, 0.15) is 10.7 Å². The number of pyridine rings is 1. The minimum absolute atomic E-state index is 0.0719. The molecule has 0 spiro atoms. The van der Waals surface area contributed by atoms with Crippen LogP contribution in [0.5, 0.6) is 0 Å². The van der Waals surface area contributed by atoms with Crippen LogP contribution in [0.25, 0.3) is 0 Å². The van der Waals surface area contributed by atoms with Gasteiger partial charge >= 0.3 is 0 Å². The van der Waals surface area contributed by atoms with E-state index in [2.05, 4.69) is 19.9 Å². The Hall–Kier alpha value is -1.27. The lowest BCUT2D eigenvalue weighted by Gasteiger charge is -2.08. The molecule has 0 saturated carbocycles. The SMILES string of the molecule is CCNS(=O)(=O)CCNS(=O)(=O)c1ccc(NN)nc1. The Morgan fingerprint density at radius 2 is 1.90 bits per heavy atom. The molecule has 0 aromatic carbocycles. The zero-order valence-electron chi connectivity index (χ0n) is 10.8. The van der Waals surface area contributed by atoms with E-state index >= 15 is 0 Å². The number of nitrogen functional groups attached to an aromatic ring is 1. The summed E-state index contributed by atoms with van der Waals surface area (Å²) < 4.78 is 50.9. The van der Waals surface area contributed by atoms with Gasteiger partial charge in [0.15, 0.2) is 0 Å². The first-order valence-corrected chi connectivity index (χ1v) is 8.84. The third-order valence-corrected chi connectivity index (χ3v) is 5.14. The van der Waals surface area contributed by atoms with Crippen molar-refractivity contribution in [3.63, 3.8) is 0 Å². The van der Waals surface area contributed by atoms with Crippen molar-refractivity contribution in [2.24, 2.45) is 5.84 Å². The summed E-state index contributed by atoms with van der Waals surface area (Å²) in [4.78, 5) is 3.69. The number of nitrogens with one attached hydrogen (secondary N) is 3. The van der Waals surface area contributed by atoms with Crippen molar-refractivity contribution >= 4 is 25.9 Å². The quantitative estimate of drug-likeness (QED) is 0.340. The van der Waals surface area contributed by atoms with Crippen LogP contribution in [0.3, 0.4) is 0 Å². The predicted molar refractivity (Wildman–Crippen MR) is 74.7 cm³/mol. The summed E-state index contributed by atoms with van der Waals surface area (Å²) in [6, 6.07) is 2.70. The molecule has 0 fully saturated rings. The first kappa shape index (κ1) is 16.8. The number of hydrogen-bond acceptors (Lipinski definition) is 7. The van der Waals surface area contributed by atoms with E-state index in [0.717, 1.165) is 6.20 Å². The van der Waals surface area contributed by atoms with Crippen molar-refractivity contribution in [3.8, 4) is 0 Å².